The summed E-state index contributed by atoms with van der Waals surface area (Å²) in [4.78, 5) is 73.3. The fourth-order valence-corrected chi connectivity index (χ4v) is 15.0. The van der Waals surface area contributed by atoms with Gasteiger partial charge >= 0.3 is 39.5 Å². The smallest absolute Gasteiger partial charge is 0.462 e. The number of unbranched alkanes of at least 4 members (excludes halogenated alkanes) is 52. The van der Waals surface area contributed by atoms with E-state index in [1.54, 1.807) is 0 Å². The number of rotatable bonds is 86. The number of esters is 4. The molecule has 0 spiro atoms. The van der Waals surface area contributed by atoms with Gasteiger partial charge in [-0.3, -0.25) is 37.3 Å². The fraction of sp³-hybridized carbons (Fsp3) is 0.910. The Morgan fingerprint density at radius 2 is 0.546 bits per heavy atom. The first-order chi connectivity index (χ1) is 52.4. The molecule has 3 unspecified atom stereocenters. The zero-order valence-electron chi connectivity index (χ0n) is 70.6. The van der Waals surface area contributed by atoms with Crippen LogP contribution in [0.3, 0.4) is 0 Å². The Balaban J connectivity index is 5.27. The van der Waals surface area contributed by atoms with Gasteiger partial charge in [-0.25, -0.2) is 9.13 Å². The fourth-order valence-electron chi connectivity index (χ4n) is 13.4. The number of carbonyl (C=O) groups is 4. The number of aliphatic hydroxyl groups is 1. The molecule has 0 aromatic carbocycles. The van der Waals surface area contributed by atoms with Crippen LogP contribution < -0.4 is 0 Å². The molecule has 108 heavy (non-hydrogen) atoms. The number of aliphatic hydroxyl groups excluding tert-OH is 1. The third-order valence-corrected chi connectivity index (χ3v) is 22.6. The van der Waals surface area contributed by atoms with Gasteiger partial charge in [-0.05, 0) is 63.2 Å². The SMILES string of the molecule is CCCCCC/C=C\C=C/CCCCCCCC(=O)O[C@H](COC(=O)CCCCCCCCCCC(C)CC)COP(=O)(O)OC[C@H](O)COP(=O)(O)OC[C@@H](COC(=O)CCCCCCCCCCCCCCCCCCCCCC)OC(=O)CCCCCCCCCCCCCCCCCCCCC(C)C. The van der Waals surface area contributed by atoms with Crippen molar-refractivity contribution in [2.24, 2.45) is 11.8 Å². The maximum Gasteiger partial charge on any atom is 0.472 e. The van der Waals surface area contributed by atoms with Crippen molar-refractivity contribution < 1.29 is 80.2 Å². The maximum absolute atomic E-state index is 13.2. The van der Waals surface area contributed by atoms with Crippen molar-refractivity contribution in [1.82, 2.24) is 0 Å². The van der Waals surface area contributed by atoms with Gasteiger partial charge in [0.15, 0.2) is 12.2 Å². The number of phosphoric acid groups is 2. The zero-order chi connectivity index (χ0) is 79.2. The summed E-state index contributed by atoms with van der Waals surface area (Å²) in [5.74, 6) is -0.536. The van der Waals surface area contributed by atoms with Crippen LogP contribution in [-0.2, 0) is 65.4 Å². The van der Waals surface area contributed by atoms with E-state index in [0.717, 1.165) is 115 Å². The normalized spacial score (nSPS) is 14.2. The van der Waals surface area contributed by atoms with Gasteiger partial charge in [0, 0.05) is 25.7 Å². The van der Waals surface area contributed by atoms with Gasteiger partial charge in [-0.2, -0.15) is 0 Å². The monoisotopic (exact) mass is 1570 g/mol. The predicted molar refractivity (Wildman–Crippen MR) is 446 cm³/mol. The molecule has 638 valence electrons. The van der Waals surface area contributed by atoms with Gasteiger partial charge < -0.3 is 33.8 Å². The molecule has 0 radical (unpaired) electrons. The summed E-state index contributed by atoms with van der Waals surface area (Å²) in [6, 6.07) is 0. The Hall–Kier alpha value is -2.46. The van der Waals surface area contributed by atoms with E-state index in [2.05, 4.69) is 65.8 Å². The number of hydrogen-bond acceptors (Lipinski definition) is 15. The molecule has 0 bridgehead atoms. The average molecular weight is 1570 g/mol. The first kappa shape index (κ1) is 106. The number of carbonyl (C=O) groups excluding carboxylic acids is 4. The second-order valence-corrected chi connectivity index (χ2v) is 34.9. The Morgan fingerprint density at radius 1 is 0.306 bits per heavy atom. The van der Waals surface area contributed by atoms with Crippen LogP contribution in [0.15, 0.2) is 24.3 Å². The lowest BCUT2D eigenvalue weighted by molar-refractivity contribution is -0.161. The molecule has 0 aliphatic rings. The largest absolute Gasteiger partial charge is 0.472 e. The molecule has 0 aliphatic carbocycles. The lowest BCUT2D eigenvalue weighted by atomic mass is 9.99. The molecule has 0 aliphatic heterocycles. The second kappa shape index (κ2) is 79.8. The van der Waals surface area contributed by atoms with Gasteiger partial charge in [0.25, 0.3) is 0 Å². The lowest BCUT2D eigenvalue weighted by Crippen LogP contribution is -2.30. The molecule has 0 amide bonds. The zero-order valence-corrected chi connectivity index (χ0v) is 72.4. The molecule has 3 N–H and O–H groups in total. The van der Waals surface area contributed by atoms with Crippen molar-refractivity contribution in [3.05, 3.63) is 24.3 Å². The summed E-state index contributed by atoms with van der Waals surface area (Å²) in [5, 5.41) is 10.7. The van der Waals surface area contributed by atoms with E-state index in [0.29, 0.717) is 25.7 Å². The van der Waals surface area contributed by atoms with Crippen LogP contribution in [0.1, 0.15) is 452 Å². The molecule has 19 heteroatoms. The molecular formula is C89H170O17P2. The molecule has 17 nitrogen and oxygen atoms in total. The standard InChI is InChI=1S/C89H170O17P2/c1-7-10-12-14-16-18-20-22-24-25-26-27-31-35-38-42-46-53-59-65-71-86(91)99-77-84(105-88(93)74-68-62-56-48-44-40-36-32-29-28-30-34-37-41-45-51-57-63-69-81(4)5)79-103-107(95,96)101-75-83(90)76-102-108(97,98)104-80-85(78-100-87(92)72-66-60-54-50-49-52-58-64-70-82(6)9-3)106-89(94)73-67-61-55-47-43-39-33-23-21-19-17-15-13-11-8-2/h19,21,23,33,81-85,90H,7-18,20,22,24-32,34-80H2,1-6H3,(H,95,96)(H,97,98)/b21-19-,33-23-/t82?,83-,84-,85-/m1/s1. The van der Waals surface area contributed by atoms with E-state index in [1.165, 1.54) is 257 Å². The van der Waals surface area contributed by atoms with Crippen molar-refractivity contribution in [2.75, 3.05) is 39.6 Å². The molecule has 0 aromatic rings. The minimum Gasteiger partial charge on any atom is -0.462 e. The summed E-state index contributed by atoms with van der Waals surface area (Å²) < 4.78 is 68.9. The van der Waals surface area contributed by atoms with Gasteiger partial charge in [0.1, 0.15) is 19.3 Å². The summed E-state index contributed by atoms with van der Waals surface area (Å²) in [5.41, 5.74) is 0. The molecule has 0 rings (SSSR count). The van der Waals surface area contributed by atoms with Gasteiger partial charge in [-0.1, -0.05) is 400 Å². The number of ether oxygens (including phenoxy) is 4. The van der Waals surface area contributed by atoms with Crippen LogP contribution in [0, 0.1) is 11.8 Å². The minimum absolute atomic E-state index is 0.0849. The Kier molecular flexibility index (Phi) is 77.9. The van der Waals surface area contributed by atoms with Crippen LogP contribution >= 0.6 is 15.6 Å². The Bertz CT molecular complexity index is 2160. The highest BCUT2D eigenvalue weighted by Gasteiger charge is 2.30. The van der Waals surface area contributed by atoms with E-state index < -0.39 is 97.5 Å². The topological polar surface area (TPSA) is 237 Å². The van der Waals surface area contributed by atoms with E-state index in [9.17, 15) is 43.2 Å². The summed E-state index contributed by atoms with van der Waals surface area (Å²) >= 11 is 0. The lowest BCUT2D eigenvalue weighted by Gasteiger charge is -2.21. The molecular weight excluding hydrogens is 1400 g/mol. The van der Waals surface area contributed by atoms with E-state index in [-0.39, 0.29) is 25.7 Å². The number of phosphoric ester groups is 2. The second-order valence-electron chi connectivity index (χ2n) is 32.0. The highest BCUT2D eigenvalue weighted by Crippen LogP contribution is 2.45. The molecule has 0 aromatic heterocycles. The highest BCUT2D eigenvalue weighted by atomic mass is 31.2. The van der Waals surface area contributed by atoms with Crippen molar-refractivity contribution in [2.45, 2.75) is 471 Å². The van der Waals surface area contributed by atoms with Crippen molar-refractivity contribution >= 4 is 39.5 Å². The Labute approximate surface area is 663 Å². The summed E-state index contributed by atoms with van der Waals surface area (Å²) in [6.07, 6.45) is 75.8. The third-order valence-electron chi connectivity index (χ3n) is 20.7. The molecule has 0 saturated carbocycles. The van der Waals surface area contributed by atoms with Gasteiger partial charge in [0.2, 0.25) is 0 Å². The summed E-state index contributed by atoms with van der Waals surface area (Å²) in [6.45, 7) is 9.65. The van der Waals surface area contributed by atoms with Crippen LogP contribution in [0.4, 0.5) is 0 Å². The Morgan fingerprint density at radius 3 is 0.833 bits per heavy atom. The number of allylic oxidation sites excluding steroid dienone is 4. The quantitative estimate of drug-likeness (QED) is 0.0169. The first-order valence-corrected chi connectivity index (χ1v) is 48.3. The van der Waals surface area contributed by atoms with Crippen molar-refractivity contribution in [1.29, 1.82) is 0 Å². The number of hydrogen-bond donors (Lipinski definition) is 3. The van der Waals surface area contributed by atoms with Crippen LogP contribution in [0.2, 0.25) is 0 Å². The van der Waals surface area contributed by atoms with Gasteiger partial charge in [-0.15, -0.1) is 0 Å². The predicted octanol–water partition coefficient (Wildman–Crippen LogP) is 27.0. The summed E-state index contributed by atoms with van der Waals surface area (Å²) in [7, 11) is -9.95. The van der Waals surface area contributed by atoms with E-state index >= 15 is 0 Å². The highest BCUT2D eigenvalue weighted by molar-refractivity contribution is 7.47. The third kappa shape index (κ3) is 80.2. The minimum atomic E-state index is -4.97. The van der Waals surface area contributed by atoms with Gasteiger partial charge in [0.05, 0.1) is 26.4 Å². The van der Waals surface area contributed by atoms with E-state index in [1.807, 2.05) is 0 Å². The van der Waals surface area contributed by atoms with E-state index in [4.69, 9.17) is 37.0 Å². The van der Waals surface area contributed by atoms with Crippen molar-refractivity contribution in [3.63, 3.8) is 0 Å². The van der Waals surface area contributed by atoms with Crippen LogP contribution in [0.5, 0.6) is 0 Å². The molecule has 0 fully saturated rings. The first-order valence-electron chi connectivity index (χ1n) is 45.3. The van der Waals surface area contributed by atoms with Crippen molar-refractivity contribution in [3.8, 4) is 0 Å². The molecule has 0 heterocycles. The average Bonchev–Trinajstić information content (AvgIpc) is 0.898. The van der Waals surface area contributed by atoms with Crippen LogP contribution in [0.25, 0.3) is 0 Å². The molecule has 6 atom stereocenters. The molecule has 0 saturated heterocycles. The maximum atomic E-state index is 13.2. The van der Waals surface area contributed by atoms with Crippen LogP contribution in [-0.4, -0.2) is 96.7 Å².